The first-order valence-electron chi connectivity index (χ1n) is 7.34. The second-order valence-electron chi connectivity index (χ2n) is 5.66. The second-order valence-corrected chi connectivity index (χ2v) is 6.48. The average molecular weight is 376 g/mol. The highest BCUT2D eigenvalue weighted by Gasteiger charge is 2.16. The Morgan fingerprint density at radius 2 is 1.71 bits per heavy atom. The van der Waals surface area contributed by atoms with Crippen molar-refractivity contribution >= 4 is 46.7 Å². The van der Waals surface area contributed by atoms with Crippen molar-refractivity contribution in [2.75, 3.05) is 25.5 Å². The Balaban J connectivity index is 2.42. The molecule has 0 spiro atoms. The summed E-state index contributed by atoms with van der Waals surface area (Å²) < 4.78 is 0. The highest BCUT2D eigenvalue weighted by Crippen LogP contribution is 2.24. The lowest BCUT2D eigenvalue weighted by Crippen LogP contribution is -3.11. The maximum absolute atomic E-state index is 11.9. The molecule has 0 radical (unpaired) electrons. The molecule has 9 heteroatoms. The van der Waals surface area contributed by atoms with Crippen molar-refractivity contribution in [3.63, 3.8) is 0 Å². The van der Waals surface area contributed by atoms with Crippen LogP contribution in [0.15, 0.2) is 18.2 Å². The average Bonchev–Trinajstić information content (AvgIpc) is 2.41. The third-order valence-electron chi connectivity index (χ3n) is 2.80. The standard InChI is InChI=1S/C15H20Cl2N4O3/c1-9(2)18-15(24)20-14(23)8-21(3)7-13(22)19-10-4-5-11(16)12(17)6-10/h4-6,9H,7-8H2,1-3H3,(H,19,22)(H2,18,20,23,24)/p+1. The third-order valence-corrected chi connectivity index (χ3v) is 3.54. The SMILES string of the molecule is CC(C)NC(=O)NC(=O)C[NH+](C)CC(=O)Nc1ccc(Cl)c(Cl)c1. The van der Waals surface area contributed by atoms with E-state index in [0.717, 1.165) is 0 Å². The number of carbonyl (C=O) groups excluding carboxylic acids is 3. The number of imide groups is 1. The van der Waals surface area contributed by atoms with Crippen molar-refractivity contribution in [3.8, 4) is 0 Å². The van der Waals surface area contributed by atoms with E-state index < -0.39 is 11.9 Å². The van der Waals surface area contributed by atoms with Gasteiger partial charge in [0, 0.05) is 11.7 Å². The number of likely N-dealkylation sites (N-methyl/N-ethyl adjacent to an activating group) is 1. The molecule has 1 atom stereocenters. The lowest BCUT2D eigenvalue weighted by molar-refractivity contribution is -0.862. The molecule has 0 aromatic heterocycles. The monoisotopic (exact) mass is 375 g/mol. The number of carbonyl (C=O) groups is 3. The summed E-state index contributed by atoms with van der Waals surface area (Å²) in [5.41, 5.74) is 0.517. The van der Waals surface area contributed by atoms with Crippen LogP contribution in [-0.2, 0) is 9.59 Å². The van der Waals surface area contributed by atoms with Crippen molar-refractivity contribution in [2.24, 2.45) is 0 Å². The zero-order valence-corrected chi connectivity index (χ0v) is 15.2. The van der Waals surface area contributed by atoms with Crippen molar-refractivity contribution < 1.29 is 19.3 Å². The molecule has 0 aliphatic rings. The first-order valence-corrected chi connectivity index (χ1v) is 8.09. The van der Waals surface area contributed by atoms with Gasteiger partial charge in [0.25, 0.3) is 11.8 Å². The van der Waals surface area contributed by atoms with E-state index in [1.807, 2.05) is 0 Å². The van der Waals surface area contributed by atoms with Gasteiger partial charge in [-0.25, -0.2) is 4.79 Å². The predicted octanol–water partition coefficient (Wildman–Crippen LogP) is 0.681. The van der Waals surface area contributed by atoms with Gasteiger partial charge in [0.2, 0.25) is 0 Å². The maximum atomic E-state index is 11.9. The number of halogens is 2. The quantitative estimate of drug-likeness (QED) is 0.589. The Bertz CT molecular complexity index is 623. The highest BCUT2D eigenvalue weighted by atomic mass is 35.5. The summed E-state index contributed by atoms with van der Waals surface area (Å²) >= 11 is 11.7. The zero-order chi connectivity index (χ0) is 18.3. The minimum Gasteiger partial charge on any atom is -0.336 e. The molecule has 4 amide bonds. The van der Waals surface area contributed by atoms with E-state index in [2.05, 4.69) is 16.0 Å². The van der Waals surface area contributed by atoms with Crippen molar-refractivity contribution in [3.05, 3.63) is 28.2 Å². The Morgan fingerprint density at radius 1 is 1.08 bits per heavy atom. The van der Waals surface area contributed by atoms with Gasteiger partial charge in [-0.3, -0.25) is 14.9 Å². The molecule has 132 valence electrons. The van der Waals surface area contributed by atoms with Gasteiger partial charge in [-0.2, -0.15) is 0 Å². The Hall–Kier alpha value is -1.83. The normalized spacial score (nSPS) is 11.8. The molecule has 0 aliphatic heterocycles. The summed E-state index contributed by atoms with van der Waals surface area (Å²) in [6.07, 6.45) is 0. The van der Waals surface area contributed by atoms with Crippen LogP contribution in [0.3, 0.4) is 0 Å². The number of hydrogen-bond acceptors (Lipinski definition) is 3. The molecule has 1 aromatic rings. The van der Waals surface area contributed by atoms with Crippen LogP contribution in [0.4, 0.5) is 10.5 Å². The van der Waals surface area contributed by atoms with Crippen LogP contribution in [0.25, 0.3) is 0 Å². The summed E-state index contributed by atoms with van der Waals surface area (Å²) in [7, 11) is 1.67. The Kier molecular flexibility index (Phi) is 7.97. The van der Waals surface area contributed by atoms with Crippen LogP contribution in [0, 0.1) is 0 Å². The van der Waals surface area contributed by atoms with Crippen LogP contribution >= 0.6 is 23.2 Å². The zero-order valence-electron chi connectivity index (χ0n) is 13.7. The first-order chi connectivity index (χ1) is 11.2. The predicted molar refractivity (Wildman–Crippen MR) is 93.5 cm³/mol. The largest absolute Gasteiger partial charge is 0.336 e. The minimum absolute atomic E-state index is 0.0136. The molecular formula is C15H21Cl2N4O3+. The fourth-order valence-electron chi connectivity index (χ4n) is 1.86. The fraction of sp³-hybridized carbons (Fsp3) is 0.400. The van der Waals surface area contributed by atoms with E-state index in [9.17, 15) is 14.4 Å². The fourth-order valence-corrected chi connectivity index (χ4v) is 2.16. The summed E-state index contributed by atoms with van der Waals surface area (Å²) in [6, 6.07) is 4.13. The molecule has 4 N–H and O–H groups in total. The number of urea groups is 1. The topological polar surface area (TPSA) is 91.7 Å². The molecule has 7 nitrogen and oxygen atoms in total. The van der Waals surface area contributed by atoms with Gasteiger partial charge in [-0.1, -0.05) is 23.2 Å². The van der Waals surface area contributed by atoms with Crippen LogP contribution < -0.4 is 20.9 Å². The summed E-state index contributed by atoms with van der Waals surface area (Å²) in [4.78, 5) is 35.7. The number of nitrogens with one attached hydrogen (secondary N) is 4. The van der Waals surface area contributed by atoms with Gasteiger partial charge >= 0.3 is 6.03 Å². The van der Waals surface area contributed by atoms with Crippen molar-refractivity contribution in [2.45, 2.75) is 19.9 Å². The number of anilines is 1. The Labute approximate surface area is 150 Å². The smallest absolute Gasteiger partial charge is 0.321 e. The lowest BCUT2D eigenvalue weighted by Gasteiger charge is -2.14. The number of hydrogen-bond donors (Lipinski definition) is 4. The Morgan fingerprint density at radius 3 is 2.29 bits per heavy atom. The van der Waals surface area contributed by atoms with Gasteiger partial charge in [0.05, 0.1) is 17.1 Å². The van der Waals surface area contributed by atoms with Crippen molar-refractivity contribution in [1.29, 1.82) is 0 Å². The van der Waals surface area contributed by atoms with Gasteiger partial charge < -0.3 is 15.5 Å². The van der Waals surface area contributed by atoms with Gasteiger partial charge in [-0.05, 0) is 32.0 Å². The number of amides is 4. The molecule has 0 saturated heterocycles. The maximum Gasteiger partial charge on any atom is 0.321 e. The minimum atomic E-state index is -0.553. The van der Waals surface area contributed by atoms with E-state index in [1.54, 1.807) is 39.1 Å². The molecule has 0 heterocycles. The first kappa shape index (κ1) is 20.2. The molecule has 1 aromatic carbocycles. The highest BCUT2D eigenvalue weighted by molar-refractivity contribution is 6.42. The molecule has 1 unspecified atom stereocenters. The number of quaternary nitrogens is 1. The molecule has 0 bridgehead atoms. The summed E-state index contributed by atoms with van der Waals surface area (Å²) in [6.45, 7) is 3.61. The second kappa shape index (κ2) is 9.46. The molecule has 24 heavy (non-hydrogen) atoms. The summed E-state index contributed by atoms with van der Waals surface area (Å²) in [5, 5.41) is 8.16. The molecule has 1 rings (SSSR count). The van der Waals surface area contributed by atoms with Crippen LogP contribution in [-0.4, -0.2) is 44.0 Å². The van der Waals surface area contributed by atoms with E-state index in [-0.39, 0.29) is 25.0 Å². The molecule has 0 aliphatic carbocycles. The van der Waals surface area contributed by atoms with Crippen molar-refractivity contribution in [1.82, 2.24) is 10.6 Å². The van der Waals surface area contributed by atoms with E-state index in [4.69, 9.17) is 23.2 Å². The number of rotatable bonds is 6. The summed E-state index contributed by atoms with van der Waals surface area (Å²) in [5.74, 6) is -0.752. The third kappa shape index (κ3) is 7.63. The molecular weight excluding hydrogens is 355 g/mol. The lowest BCUT2D eigenvalue weighted by atomic mass is 10.3. The van der Waals surface area contributed by atoms with Crippen LogP contribution in [0.5, 0.6) is 0 Å². The molecule has 0 fully saturated rings. The van der Waals surface area contributed by atoms with E-state index in [1.165, 1.54) is 0 Å². The molecule has 0 saturated carbocycles. The van der Waals surface area contributed by atoms with E-state index >= 15 is 0 Å². The van der Waals surface area contributed by atoms with Crippen LogP contribution in [0.1, 0.15) is 13.8 Å². The number of benzene rings is 1. The van der Waals surface area contributed by atoms with Gasteiger partial charge in [0.1, 0.15) is 0 Å². The van der Waals surface area contributed by atoms with Gasteiger partial charge in [-0.15, -0.1) is 0 Å². The van der Waals surface area contributed by atoms with E-state index in [0.29, 0.717) is 20.6 Å². The van der Waals surface area contributed by atoms with Gasteiger partial charge in [0.15, 0.2) is 13.1 Å². The van der Waals surface area contributed by atoms with Crippen LogP contribution in [0.2, 0.25) is 10.0 Å².